The maximum absolute atomic E-state index is 11.2. The molecule has 0 rings (SSSR count). The van der Waals surface area contributed by atoms with E-state index in [9.17, 15) is 9.36 Å². The molecular formula is C6H13O6P. The molecule has 0 amide bonds. The number of rotatable bonds is 6. The number of phosphoric acid groups is 1. The van der Waals surface area contributed by atoms with Crippen molar-refractivity contribution in [3.05, 3.63) is 0 Å². The fourth-order valence-corrected chi connectivity index (χ4v) is 1.17. The Balaban J connectivity index is 3.62. The van der Waals surface area contributed by atoms with Gasteiger partial charge in [-0.3, -0.25) is 18.4 Å². The van der Waals surface area contributed by atoms with Crippen LogP contribution in [0, 0.1) is 0 Å². The van der Waals surface area contributed by atoms with E-state index in [1.165, 1.54) is 21.1 Å². The summed E-state index contributed by atoms with van der Waals surface area (Å²) in [4.78, 5) is 10.3. The van der Waals surface area contributed by atoms with Gasteiger partial charge in [-0.2, -0.15) is 0 Å². The molecule has 0 radical (unpaired) electrons. The highest BCUT2D eigenvalue weighted by Gasteiger charge is 2.22. The van der Waals surface area contributed by atoms with Crippen molar-refractivity contribution in [1.82, 2.24) is 0 Å². The summed E-state index contributed by atoms with van der Waals surface area (Å²) in [6.45, 7) is 1.26. The minimum atomic E-state index is -3.43. The molecule has 0 saturated heterocycles. The van der Waals surface area contributed by atoms with Crippen LogP contribution in [-0.2, 0) is 27.7 Å². The van der Waals surface area contributed by atoms with Gasteiger partial charge in [0, 0.05) is 21.1 Å². The minimum absolute atomic E-state index is 0.0199. The van der Waals surface area contributed by atoms with Crippen molar-refractivity contribution in [3.63, 3.8) is 0 Å². The van der Waals surface area contributed by atoms with Crippen molar-refractivity contribution in [2.75, 3.05) is 27.4 Å². The Hall–Kier alpha value is -0.420. The predicted molar refractivity (Wildman–Crippen MR) is 44.2 cm³/mol. The Morgan fingerprint density at radius 2 is 1.77 bits per heavy atom. The Morgan fingerprint density at radius 3 is 2.15 bits per heavy atom. The van der Waals surface area contributed by atoms with Gasteiger partial charge in [-0.05, 0) is 0 Å². The second-order valence-corrected chi connectivity index (χ2v) is 3.87. The highest BCUT2D eigenvalue weighted by Crippen LogP contribution is 2.47. The molecule has 0 aromatic heterocycles. The lowest BCUT2D eigenvalue weighted by Crippen LogP contribution is -2.07. The van der Waals surface area contributed by atoms with Gasteiger partial charge in [0.15, 0.2) is 0 Å². The second-order valence-electron chi connectivity index (χ2n) is 1.99. The fraction of sp³-hybridized carbons (Fsp3) is 0.833. The summed E-state index contributed by atoms with van der Waals surface area (Å²) in [5.74, 6) is -0.423. The van der Waals surface area contributed by atoms with Crippen molar-refractivity contribution in [2.45, 2.75) is 6.92 Å². The molecule has 78 valence electrons. The van der Waals surface area contributed by atoms with E-state index in [-0.39, 0.29) is 13.2 Å². The standard InChI is InChI=1S/C6H13O6P/c1-6(7)11-4-5-12-13(8,9-2)10-3/h4-5H2,1-3H3. The van der Waals surface area contributed by atoms with Crippen LogP contribution in [0.15, 0.2) is 0 Å². The van der Waals surface area contributed by atoms with Crippen LogP contribution in [0.1, 0.15) is 6.92 Å². The Bertz CT molecular complexity index is 195. The zero-order valence-corrected chi connectivity index (χ0v) is 8.71. The Morgan fingerprint density at radius 1 is 1.23 bits per heavy atom. The van der Waals surface area contributed by atoms with E-state index in [1.54, 1.807) is 0 Å². The van der Waals surface area contributed by atoms with Crippen LogP contribution in [0.25, 0.3) is 0 Å². The number of carbonyl (C=O) groups excluding carboxylic acids is 1. The number of esters is 1. The van der Waals surface area contributed by atoms with Crippen molar-refractivity contribution in [2.24, 2.45) is 0 Å². The van der Waals surface area contributed by atoms with Gasteiger partial charge < -0.3 is 4.74 Å². The van der Waals surface area contributed by atoms with Crippen molar-refractivity contribution in [3.8, 4) is 0 Å². The molecule has 0 atom stereocenters. The third-order valence-electron chi connectivity index (χ3n) is 1.09. The lowest BCUT2D eigenvalue weighted by atomic mass is 10.7. The molecule has 13 heavy (non-hydrogen) atoms. The van der Waals surface area contributed by atoms with E-state index in [4.69, 9.17) is 4.52 Å². The summed E-state index contributed by atoms with van der Waals surface area (Å²) in [6.07, 6.45) is 0. The van der Waals surface area contributed by atoms with Gasteiger partial charge in [-0.25, -0.2) is 4.57 Å². The molecule has 0 bridgehead atoms. The molecule has 0 spiro atoms. The molecule has 0 aromatic rings. The zero-order chi connectivity index (χ0) is 10.3. The third-order valence-corrected chi connectivity index (χ3v) is 2.48. The van der Waals surface area contributed by atoms with Crippen LogP contribution in [0.3, 0.4) is 0 Å². The smallest absolute Gasteiger partial charge is 0.463 e. The van der Waals surface area contributed by atoms with Gasteiger partial charge in [0.05, 0.1) is 6.61 Å². The summed E-state index contributed by atoms with van der Waals surface area (Å²) in [6, 6.07) is 0. The van der Waals surface area contributed by atoms with Crippen LogP contribution in [-0.4, -0.2) is 33.4 Å². The Labute approximate surface area is 76.7 Å². The number of hydrogen-bond acceptors (Lipinski definition) is 6. The van der Waals surface area contributed by atoms with E-state index in [2.05, 4.69) is 13.8 Å². The largest absolute Gasteiger partial charge is 0.474 e. The topological polar surface area (TPSA) is 71.1 Å². The molecule has 0 N–H and O–H groups in total. The van der Waals surface area contributed by atoms with E-state index >= 15 is 0 Å². The Kier molecular flexibility index (Phi) is 5.90. The lowest BCUT2D eigenvalue weighted by molar-refractivity contribution is -0.141. The van der Waals surface area contributed by atoms with Gasteiger partial charge >= 0.3 is 13.8 Å². The van der Waals surface area contributed by atoms with Crippen LogP contribution in [0.5, 0.6) is 0 Å². The average molecular weight is 212 g/mol. The highest BCUT2D eigenvalue weighted by molar-refractivity contribution is 7.48. The summed E-state index contributed by atoms with van der Waals surface area (Å²) >= 11 is 0. The fourth-order valence-electron chi connectivity index (χ4n) is 0.514. The first-order valence-corrected chi connectivity index (χ1v) is 4.99. The zero-order valence-electron chi connectivity index (χ0n) is 7.81. The van der Waals surface area contributed by atoms with E-state index in [0.717, 1.165) is 0 Å². The first-order chi connectivity index (χ1) is 6.04. The molecule has 0 unspecified atom stereocenters. The second kappa shape index (κ2) is 6.10. The molecule has 7 heteroatoms. The molecule has 0 aliphatic rings. The molecule has 0 aromatic carbocycles. The SMILES string of the molecule is COP(=O)(OC)OCCOC(C)=O. The van der Waals surface area contributed by atoms with Gasteiger partial charge in [0.1, 0.15) is 6.61 Å². The normalized spacial score (nSPS) is 11.3. The average Bonchev–Trinajstić information content (AvgIpc) is 2.12. The summed E-state index contributed by atoms with van der Waals surface area (Å²) in [5.41, 5.74) is 0. The maximum atomic E-state index is 11.2. The number of phosphoric ester groups is 1. The first kappa shape index (κ1) is 12.6. The van der Waals surface area contributed by atoms with E-state index in [0.29, 0.717) is 0 Å². The predicted octanol–water partition coefficient (Wildman–Crippen LogP) is 0.967. The summed E-state index contributed by atoms with van der Waals surface area (Å²) < 4.78 is 29.4. The van der Waals surface area contributed by atoms with Crippen molar-refractivity contribution in [1.29, 1.82) is 0 Å². The lowest BCUT2D eigenvalue weighted by Gasteiger charge is -2.12. The molecule has 0 heterocycles. The van der Waals surface area contributed by atoms with Gasteiger partial charge in [-0.15, -0.1) is 0 Å². The van der Waals surface area contributed by atoms with Crippen molar-refractivity contribution >= 4 is 13.8 Å². The van der Waals surface area contributed by atoms with E-state index < -0.39 is 13.8 Å². The van der Waals surface area contributed by atoms with Crippen molar-refractivity contribution < 1.29 is 27.7 Å². The van der Waals surface area contributed by atoms with Crippen LogP contribution in [0.2, 0.25) is 0 Å². The van der Waals surface area contributed by atoms with E-state index in [1.807, 2.05) is 0 Å². The molecule has 0 aliphatic carbocycles. The van der Waals surface area contributed by atoms with Gasteiger partial charge in [-0.1, -0.05) is 0 Å². The minimum Gasteiger partial charge on any atom is -0.463 e. The third kappa shape index (κ3) is 5.76. The molecule has 0 aliphatic heterocycles. The van der Waals surface area contributed by atoms with Gasteiger partial charge in [0.2, 0.25) is 0 Å². The molecule has 6 nitrogen and oxygen atoms in total. The summed E-state index contributed by atoms with van der Waals surface area (Å²) in [7, 11) is -1.02. The highest BCUT2D eigenvalue weighted by atomic mass is 31.2. The number of ether oxygens (including phenoxy) is 1. The van der Waals surface area contributed by atoms with Gasteiger partial charge in [0.25, 0.3) is 0 Å². The van der Waals surface area contributed by atoms with Crippen LogP contribution < -0.4 is 0 Å². The molecule has 0 saturated carbocycles. The molecule has 0 fully saturated rings. The summed E-state index contributed by atoms with van der Waals surface area (Å²) in [5, 5.41) is 0. The number of carbonyl (C=O) groups is 1. The van der Waals surface area contributed by atoms with Crippen LogP contribution in [0.4, 0.5) is 0 Å². The molecular weight excluding hydrogens is 199 g/mol. The number of hydrogen-bond donors (Lipinski definition) is 0. The van der Waals surface area contributed by atoms with Crippen LogP contribution >= 0.6 is 7.82 Å². The maximum Gasteiger partial charge on any atom is 0.474 e. The quantitative estimate of drug-likeness (QED) is 0.371. The monoisotopic (exact) mass is 212 g/mol. The first-order valence-electron chi connectivity index (χ1n) is 3.53.